The second-order valence-electron chi connectivity index (χ2n) is 5.96. The Hall–Kier alpha value is -2.33. The Bertz CT molecular complexity index is 643. The minimum Gasteiger partial charge on any atom is -0.483 e. The van der Waals surface area contributed by atoms with Crippen molar-refractivity contribution >= 4 is 5.91 Å². The minimum absolute atomic E-state index is 0.00500. The Labute approximate surface area is 144 Å². The van der Waals surface area contributed by atoms with Crippen LogP contribution in [0.2, 0.25) is 0 Å². The number of carbonyl (C=O) groups is 1. The largest absolute Gasteiger partial charge is 0.483 e. The van der Waals surface area contributed by atoms with Crippen LogP contribution in [-0.4, -0.2) is 19.1 Å². The summed E-state index contributed by atoms with van der Waals surface area (Å²) in [7, 11) is 0. The maximum Gasteiger partial charge on any atom is 0.258 e. The van der Waals surface area contributed by atoms with Gasteiger partial charge in [0.2, 0.25) is 0 Å². The fourth-order valence-corrected chi connectivity index (χ4v) is 2.48. The number of amides is 1. The molecule has 0 radical (unpaired) electrons. The van der Waals surface area contributed by atoms with Crippen LogP contribution in [0.1, 0.15) is 43.4 Å². The second-order valence-corrected chi connectivity index (χ2v) is 5.96. The summed E-state index contributed by atoms with van der Waals surface area (Å²) in [6.07, 6.45) is 1.03. The van der Waals surface area contributed by atoms with E-state index in [0.717, 1.165) is 23.3 Å². The van der Waals surface area contributed by atoms with Gasteiger partial charge in [0.05, 0.1) is 0 Å². The molecular formula is C20H26N2O2. The molecule has 4 nitrogen and oxygen atoms in total. The van der Waals surface area contributed by atoms with Crippen molar-refractivity contribution in [2.45, 2.75) is 32.2 Å². The van der Waals surface area contributed by atoms with E-state index in [1.807, 2.05) is 54.6 Å². The van der Waals surface area contributed by atoms with Gasteiger partial charge in [-0.2, -0.15) is 0 Å². The van der Waals surface area contributed by atoms with Crippen molar-refractivity contribution < 1.29 is 9.53 Å². The summed E-state index contributed by atoms with van der Waals surface area (Å²) in [5.74, 6) is 1.01. The third-order valence-electron chi connectivity index (χ3n) is 4.17. The lowest BCUT2D eigenvalue weighted by Crippen LogP contribution is -2.35. The van der Waals surface area contributed by atoms with Crippen LogP contribution >= 0.6 is 0 Å². The average molecular weight is 326 g/mol. The molecule has 0 aliphatic heterocycles. The first-order valence-electron chi connectivity index (χ1n) is 8.40. The summed E-state index contributed by atoms with van der Waals surface area (Å²) in [4.78, 5) is 12.0. The van der Waals surface area contributed by atoms with E-state index in [-0.39, 0.29) is 18.6 Å². The van der Waals surface area contributed by atoms with Gasteiger partial charge < -0.3 is 15.8 Å². The number of ether oxygens (including phenoxy) is 1. The Balaban J connectivity index is 1.84. The van der Waals surface area contributed by atoms with Crippen LogP contribution in [0.4, 0.5) is 0 Å². The number of nitrogens with two attached hydrogens (primary N) is 1. The molecule has 2 unspecified atom stereocenters. The highest BCUT2D eigenvalue weighted by Crippen LogP contribution is 2.28. The standard InChI is InChI=1S/C20H26N2O2/c1-3-15(2)17-11-7-8-12-19(17)24-14-20(23)22-13-18(21)16-9-5-4-6-10-16/h4-12,15,18H,3,13-14,21H2,1-2H3,(H,22,23). The fourth-order valence-electron chi connectivity index (χ4n) is 2.48. The van der Waals surface area contributed by atoms with Gasteiger partial charge in [-0.1, -0.05) is 62.4 Å². The van der Waals surface area contributed by atoms with Crippen molar-refractivity contribution in [3.05, 3.63) is 65.7 Å². The SMILES string of the molecule is CCC(C)c1ccccc1OCC(=O)NCC(N)c1ccccc1. The van der Waals surface area contributed by atoms with Crippen molar-refractivity contribution in [1.82, 2.24) is 5.32 Å². The lowest BCUT2D eigenvalue weighted by Gasteiger charge is -2.16. The van der Waals surface area contributed by atoms with Crippen LogP contribution in [0, 0.1) is 0 Å². The first kappa shape index (κ1) is 18.0. The molecule has 0 bridgehead atoms. The Morgan fingerprint density at radius 2 is 1.79 bits per heavy atom. The van der Waals surface area contributed by atoms with Crippen molar-refractivity contribution in [2.75, 3.05) is 13.2 Å². The highest BCUT2D eigenvalue weighted by Gasteiger charge is 2.12. The van der Waals surface area contributed by atoms with Crippen molar-refractivity contribution in [3.8, 4) is 5.75 Å². The zero-order valence-corrected chi connectivity index (χ0v) is 14.4. The summed E-state index contributed by atoms with van der Waals surface area (Å²) in [5.41, 5.74) is 8.21. The number of para-hydroxylation sites is 1. The van der Waals surface area contributed by atoms with E-state index < -0.39 is 0 Å². The van der Waals surface area contributed by atoms with E-state index in [1.54, 1.807) is 0 Å². The van der Waals surface area contributed by atoms with Crippen molar-refractivity contribution in [2.24, 2.45) is 5.73 Å². The summed E-state index contributed by atoms with van der Waals surface area (Å²) in [6.45, 7) is 4.68. The molecule has 2 aromatic carbocycles. The monoisotopic (exact) mass is 326 g/mol. The van der Waals surface area contributed by atoms with Crippen LogP contribution in [0.3, 0.4) is 0 Å². The summed E-state index contributed by atoms with van der Waals surface area (Å²) >= 11 is 0. The molecule has 0 spiro atoms. The minimum atomic E-state index is -0.220. The van der Waals surface area contributed by atoms with Crippen LogP contribution in [0.5, 0.6) is 5.75 Å². The first-order chi connectivity index (χ1) is 11.6. The van der Waals surface area contributed by atoms with Gasteiger partial charge in [0.15, 0.2) is 6.61 Å². The van der Waals surface area contributed by atoms with Crippen molar-refractivity contribution in [3.63, 3.8) is 0 Å². The zero-order valence-electron chi connectivity index (χ0n) is 14.4. The van der Waals surface area contributed by atoms with E-state index in [4.69, 9.17) is 10.5 Å². The van der Waals surface area contributed by atoms with E-state index in [0.29, 0.717) is 12.5 Å². The highest BCUT2D eigenvalue weighted by molar-refractivity contribution is 5.77. The molecule has 2 aromatic rings. The smallest absolute Gasteiger partial charge is 0.258 e. The third-order valence-corrected chi connectivity index (χ3v) is 4.17. The van der Waals surface area contributed by atoms with E-state index >= 15 is 0 Å². The van der Waals surface area contributed by atoms with Gasteiger partial charge in [-0.15, -0.1) is 0 Å². The Morgan fingerprint density at radius 3 is 2.50 bits per heavy atom. The summed E-state index contributed by atoms with van der Waals surface area (Å²) in [6, 6.07) is 17.4. The van der Waals surface area contributed by atoms with E-state index in [2.05, 4.69) is 19.2 Å². The molecule has 0 aliphatic carbocycles. The molecule has 0 saturated carbocycles. The number of benzene rings is 2. The maximum absolute atomic E-state index is 12.0. The van der Waals surface area contributed by atoms with Crippen LogP contribution < -0.4 is 15.8 Å². The molecule has 24 heavy (non-hydrogen) atoms. The van der Waals surface area contributed by atoms with Crippen LogP contribution in [-0.2, 0) is 4.79 Å². The zero-order chi connectivity index (χ0) is 17.4. The number of hydrogen-bond donors (Lipinski definition) is 2. The molecule has 0 fully saturated rings. The van der Waals surface area contributed by atoms with Crippen LogP contribution in [0.15, 0.2) is 54.6 Å². The summed E-state index contributed by atoms with van der Waals surface area (Å²) < 4.78 is 5.71. The molecule has 0 saturated heterocycles. The molecule has 0 aliphatic rings. The maximum atomic E-state index is 12.0. The van der Waals surface area contributed by atoms with Crippen LogP contribution in [0.25, 0.3) is 0 Å². The molecule has 0 heterocycles. The average Bonchev–Trinajstić information content (AvgIpc) is 2.64. The molecular weight excluding hydrogens is 300 g/mol. The lowest BCUT2D eigenvalue weighted by atomic mass is 9.98. The lowest BCUT2D eigenvalue weighted by molar-refractivity contribution is -0.123. The van der Waals surface area contributed by atoms with Gasteiger partial charge in [0, 0.05) is 12.6 Å². The summed E-state index contributed by atoms with van der Waals surface area (Å²) in [5, 5.41) is 2.82. The van der Waals surface area contributed by atoms with Gasteiger partial charge in [0.25, 0.3) is 5.91 Å². The predicted molar refractivity (Wildman–Crippen MR) is 97.0 cm³/mol. The fraction of sp³-hybridized carbons (Fsp3) is 0.350. The molecule has 128 valence electrons. The van der Waals surface area contributed by atoms with E-state index in [1.165, 1.54) is 0 Å². The van der Waals surface area contributed by atoms with Gasteiger partial charge in [-0.3, -0.25) is 4.79 Å². The Kier molecular flexibility index (Phi) is 6.82. The van der Waals surface area contributed by atoms with Gasteiger partial charge >= 0.3 is 0 Å². The second kappa shape index (κ2) is 9.08. The van der Waals surface area contributed by atoms with Gasteiger partial charge in [-0.25, -0.2) is 0 Å². The van der Waals surface area contributed by atoms with Gasteiger partial charge in [0.1, 0.15) is 5.75 Å². The number of carbonyl (C=O) groups excluding carboxylic acids is 1. The topological polar surface area (TPSA) is 64.3 Å². The number of nitrogens with one attached hydrogen (secondary N) is 1. The molecule has 1 amide bonds. The molecule has 4 heteroatoms. The normalized spacial score (nSPS) is 13.1. The quantitative estimate of drug-likeness (QED) is 0.781. The van der Waals surface area contributed by atoms with Gasteiger partial charge in [-0.05, 0) is 29.5 Å². The molecule has 2 rings (SSSR count). The number of hydrogen-bond acceptors (Lipinski definition) is 3. The predicted octanol–water partition coefficient (Wildman–Crippen LogP) is 3.40. The third kappa shape index (κ3) is 5.10. The molecule has 3 N–H and O–H groups in total. The highest BCUT2D eigenvalue weighted by atomic mass is 16.5. The Morgan fingerprint density at radius 1 is 1.12 bits per heavy atom. The molecule has 0 aromatic heterocycles. The molecule has 2 atom stereocenters. The first-order valence-corrected chi connectivity index (χ1v) is 8.40. The van der Waals surface area contributed by atoms with Crippen molar-refractivity contribution in [1.29, 1.82) is 0 Å². The number of rotatable bonds is 8. The van der Waals surface area contributed by atoms with E-state index in [9.17, 15) is 4.79 Å².